The number of nitrogens with one attached hydrogen (secondary N) is 1. The molecule has 1 heterocycles. The maximum absolute atomic E-state index is 3.43. The quantitative estimate of drug-likeness (QED) is 0.760. The van der Waals surface area contributed by atoms with Crippen molar-refractivity contribution in [1.29, 1.82) is 0 Å². The first-order chi connectivity index (χ1) is 7.61. The second-order valence-electron chi connectivity index (χ2n) is 5.77. The third-order valence-electron chi connectivity index (χ3n) is 4.72. The van der Waals surface area contributed by atoms with Crippen LogP contribution in [0.5, 0.6) is 0 Å². The Hall–Kier alpha value is -0.120. The van der Waals surface area contributed by atoms with E-state index < -0.39 is 0 Å². The average molecular weight is 225 g/mol. The first-order valence-electron chi connectivity index (χ1n) is 6.75. The van der Waals surface area contributed by atoms with Gasteiger partial charge in [0.25, 0.3) is 0 Å². The molecule has 0 aromatic rings. The van der Waals surface area contributed by atoms with Gasteiger partial charge in [0.05, 0.1) is 0 Å². The highest BCUT2D eigenvalue weighted by Crippen LogP contribution is 2.27. The molecule has 0 aromatic heterocycles. The Bertz CT molecular complexity index is 219. The highest BCUT2D eigenvalue weighted by molar-refractivity contribution is 4.91. The molecule has 0 radical (unpaired) electrons. The Morgan fingerprint density at radius 3 is 2.19 bits per heavy atom. The van der Waals surface area contributed by atoms with Crippen molar-refractivity contribution in [3.05, 3.63) is 0 Å². The summed E-state index contributed by atoms with van der Waals surface area (Å²) in [5.41, 5.74) is 0. The van der Waals surface area contributed by atoms with Crippen LogP contribution < -0.4 is 5.32 Å². The van der Waals surface area contributed by atoms with E-state index in [9.17, 15) is 0 Å². The van der Waals surface area contributed by atoms with Crippen LogP contribution in [0.3, 0.4) is 0 Å². The van der Waals surface area contributed by atoms with Gasteiger partial charge in [0.1, 0.15) is 0 Å². The Balaban J connectivity index is 1.91. The van der Waals surface area contributed by atoms with Gasteiger partial charge in [-0.05, 0) is 47.2 Å². The molecule has 3 heteroatoms. The number of nitrogens with zero attached hydrogens (tertiary/aromatic N) is 2. The van der Waals surface area contributed by atoms with E-state index in [2.05, 4.69) is 43.1 Å². The SMILES string of the molecule is CNC1CCC(N2CC(C)N(C)C(C)C2)C1. The van der Waals surface area contributed by atoms with E-state index in [4.69, 9.17) is 0 Å². The van der Waals surface area contributed by atoms with Crippen molar-refractivity contribution in [2.45, 2.75) is 57.3 Å². The number of piperazine rings is 1. The lowest BCUT2D eigenvalue weighted by Gasteiger charge is -2.45. The fraction of sp³-hybridized carbons (Fsp3) is 1.00. The molecule has 4 unspecified atom stereocenters. The molecule has 16 heavy (non-hydrogen) atoms. The topological polar surface area (TPSA) is 18.5 Å². The van der Waals surface area contributed by atoms with Crippen molar-refractivity contribution in [2.24, 2.45) is 0 Å². The van der Waals surface area contributed by atoms with Crippen molar-refractivity contribution in [2.75, 3.05) is 27.2 Å². The predicted octanol–water partition coefficient (Wildman–Crippen LogP) is 1.15. The smallest absolute Gasteiger partial charge is 0.0195 e. The molecule has 0 amide bonds. The largest absolute Gasteiger partial charge is 0.317 e. The van der Waals surface area contributed by atoms with Gasteiger partial charge in [-0.2, -0.15) is 0 Å². The van der Waals surface area contributed by atoms with E-state index in [0.29, 0.717) is 12.1 Å². The van der Waals surface area contributed by atoms with Crippen LogP contribution in [-0.4, -0.2) is 61.2 Å². The monoisotopic (exact) mass is 225 g/mol. The molecule has 1 saturated carbocycles. The maximum atomic E-state index is 3.43. The van der Waals surface area contributed by atoms with E-state index in [1.54, 1.807) is 0 Å². The molecule has 2 aliphatic rings. The van der Waals surface area contributed by atoms with Crippen LogP contribution in [0.4, 0.5) is 0 Å². The fourth-order valence-electron chi connectivity index (χ4n) is 3.29. The molecule has 0 spiro atoms. The summed E-state index contributed by atoms with van der Waals surface area (Å²) in [7, 11) is 4.36. The Morgan fingerprint density at radius 2 is 1.69 bits per heavy atom. The van der Waals surface area contributed by atoms with Gasteiger partial charge in [-0.1, -0.05) is 0 Å². The van der Waals surface area contributed by atoms with Gasteiger partial charge in [0.2, 0.25) is 0 Å². The van der Waals surface area contributed by atoms with E-state index >= 15 is 0 Å². The standard InChI is InChI=1S/C13H27N3/c1-10-8-16(9-11(2)15(10)4)13-6-5-12(7-13)14-3/h10-14H,5-9H2,1-4H3. The molecule has 1 aliphatic heterocycles. The van der Waals surface area contributed by atoms with Crippen LogP contribution in [0, 0.1) is 0 Å². The molecule has 4 atom stereocenters. The maximum Gasteiger partial charge on any atom is 0.0195 e. The number of rotatable bonds is 2. The van der Waals surface area contributed by atoms with Gasteiger partial charge in [0.15, 0.2) is 0 Å². The number of hydrogen-bond acceptors (Lipinski definition) is 3. The van der Waals surface area contributed by atoms with Gasteiger partial charge >= 0.3 is 0 Å². The highest BCUT2D eigenvalue weighted by atomic mass is 15.3. The van der Waals surface area contributed by atoms with Crippen LogP contribution in [0.1, 0.15) is 33.1 Å². The molecule has 0 bridgehead atoms. The molecule has 1 saturated heterocycles. The summed E-state index contributed by atoms with van der Waals surface area (Å²) in [6, 6.07) is 3.00. The van der Waals surface area contributed by atoms with Crippen molar-refractivity contribution < 1.29 is 0 Å². The van der Waals surface area contributed by atoms with Crippen molar-refractivity contribution >= 4 is 0 Å². The molecule has 94 valence electrons. The third kappa shape index (κ3) is 2.41. The van der Waals surface area contributed by atoms with Crippen molar-refractivity contribution in [3.63, 3.8) is 0 Å². The van der Waals surface area contributed by atoms with Gasteiger partial charge < -0.3 is 5.32 Å². The lowest BCUT2D eigenvalue weighted by molar-refractivity contribution is 0.0347. The molecular weight excluding hydrogens is 198 g/mol. The minimum absolute atomic E-state index is 0.706. The summed E-state index contributed by atoms with van der Waals surface area (Å²) < 4.78 is 0. The lowest BCUT2D eigenvalue weighted by Crippen LogP contribution is -2.57. The Kier molecular flexibility index (Phi) is 3.88. The minimum atomic E-state index is 0.706. The summed E-state index contributed by atoms with van der Waals surface area (Å²) in [4.78, 5) is 5.24. The molecule has 2 rings (SSSR count). The van der Waals surface area contributed by atoms with Crippen molar-refractivity contribution in [3.8, 4) is 0 Å². The summed E-state index contributed by atoms with van der Waals surface area (Å²) >= 11 is 0. The molecule has 1 N–H and O–H groups in total. The van der Waals surface area contributed by atoms with Gasteiger partial charge in [-0.25, -0.2) is 0 Å². The molecule has 3 nitrogen and oxygen atoms in total. The Morgan fingerprint density at radius 1 is 1.06 bits per heavy atom. The summed E-state index contributed by atoms with van der Waals surface area (Å²) in [5.74, 6) is 0. The third-order valence-corrected chi connectivity index (χ3v) is 4.72. The van der Waals surface area contributed by atoms with E-state index in [1.807, 2.05) is 0 Å². The first kappa shape index (κ1) is 12.3. The molecule has 2 fully saturated rings. The van der Waals surface area contributed by atoms with Gasteiger partial charge in [-0.3, -0.25) is 9.80 Å². The zero-order chi connectivity index (χ0) is 11.7. The van der Waals surface area contributed by atoms with Crippen LogP contribution >= 0.6 is 0 Å². The molecule has 1 aliphatic carbocycles. The normalized spacial score (nSPS) is 42.8. The zero-order valence-electron chi connectivity index (χ0n) is 11.2. The van der Waals surface area contributed by atoms with Crippen molar-refractivity contribution in [1.82, 2.24) is 15.1 Å². The summed E-state index contributed by atoms with van der Waals surface area (Å²) in [6.45, 7) is 7.21. The van der Waals surface area contributed by atoms with E-state index in [0.717, 1.165) is 12.1 Å². The Labute approximate surface area is 100 Å². The first-order valence-corrected chi connectivity index (χ1v) is 6.75. The minimum Gasteiger partial charge on any atom is -0.317 e. The van der Waals surface area contributed by atoms with E-state index in [-0.39, 0.29) is 0 Å². The summed E-state index contributed by atoms with van der Waals surface area (Å²) in [5, 5.41) is 3.43. The van der Waals surface area contributed by atoms with Crippen LogP contribution in [0.2, 0.25) is 0 Å². The predicted molar refractivity (Wildman–Crippen MR) is 68.7 cm³/mol. The second-order valence-corrected chi connectivity index (χ2v) is 5.77. The average Bonchev–Trinajstić information content (AvgIpc) is 2.73. The highest BCUT2D eigenvalue weighted by Gasteiger charge is 2.34. The van der Waals surface area contributed by atoms with Crippen LogP contribution in [0.25, 0.3) is 0 Å². The number of likely N-dealkylation sites (N-methyl/N-ethyl adjacent to an activating group) is 1. The fourth-order valence-corrected chi connectivity index (χ4v) is 3.29. The zero-order valence-corrected chi connectivity index (χ0v) is 11.2. The summed E-state index contributed by atoms with van der Waals surface area (Å²) in [6.07, 6.45) is 4.09. The van der Waals surface area contributed by atoms with Gasteiger partial charge in [0, 0.05) is 37.3 Å². The molecular formula is C13H27N3. The number of hydrogen-bond donors (Lipinski definition) is 1. The van der Waals surface area contributed by atoms with Crippen LogP contribution in [-0.2, 0) is 0 Å². The van der Waals surface area contributed by atoms with E-state index in [1.165, 1.54) is 32.4 Å². The lowest BCUT2D eigenvalue weighted by atomic mass is 10.1. The second kappa shape index (κ2) is 5.03. The van der Waals surface area contributed by atoms with Gasteiger partial charge in [-0.15, -0.1) is 0 Å². The van der Waals surface area contributed by atoms with Crippen LogP contribution in [0.15, 0.2) is 0 Å². The molecule has 0 aromatic carbocycles.